The Morgan fingerprint density at radius 1 is 1.00 bits per heavy atom. The van der Waals surface area contributed by atoms with E-state index in [2.05, 4.69) is 12.1 Å². The van der Waals surface area contributed by atoms with Crippen molar-refractivity contribution in [2.75, 3.05) is 32.8 Å². The third kappa shape index (κ3) is 5.57. The second kappa shape index (κ2) is 11.3. The van der Waals surface area contributed by atoms with E-state index in [4.69, 9.17) is 16.3 Å². The van der Waals surface area contributed by atoms with Crippen molar-refractivity contribution in [3.8, 4) is 5.75 Å². The van der Waals surface area contributed by atoms with Crippen molar-refractivity contribution in [1.82, 2.24) is 9.80 Å². The number of hydrogen-bond acceptors (Lipinski definition) is 3. The summed E-state index contributed by atoms with van der Waals surface area (Å²) in [7, 11) is 0. The van der Waals surface area contributed by atoms with Gasteiger partial charge in [-0.3, -0.25) is 9.59 Å². The average Bonchev–Trinajstić information content (AvgIpc) is 2.86. The maximum Gasteiger partial charge on any atom is 0.229 e. The molecule has 0 N–H and O–H groups in total. The maximum atomic E-state index is 13.8. The van der Waals surface area contributed by atoms with E-state index in [0.717, 1.165) is 37.0 Å². The summed E-state index contributed by atoms with van der Waals surface area (Å²) < 4.78 is 6.07. The zero-order valence-corrected chi connectivity index (χ0v) is 20.9. The Hall–Kier alpha value is -2.53. The molecule has 2 aliphatic heterocycles. The van der Waals surface area contributed by atoms with Crippen molar-refractivity contribution < 1.29 is 14.3 Å². The Balaban J connectivity index is 1.44. The first-order chi connectivity index (χ1) is 16.5. The lowest BCUT2D eigenvalue weighted by Crippen LogP contribution is -2.52. The summed E-state index contributed by atoms with van der Waals surface area (Å²) in [4.78, 5) is 30.6. The minimum atomic E-state index is -0.393. The number of halogens is 1. The van der Waals surface area contributed by atoms with Crippen molar-refractivity contribution in [3.63, 3.8) is 0 Å². The molecule has 6 heteroatoms. The van der Waals surface area contributed by atoms with Gasteiger partial charge in [0.25, 0.3) is 0 Å². The first-order valence-electron chi connectivity index (χ1n) is 12.5. The standard InChI is InChI=1S/C28H35ClN2O3/c1-2-30-19-20-34-25-13-6-4-9-22(25)10-7-8-14-28(27(30)33)15-17-31(18-16-28)26(32)21-23-11-3-5-12-24(23)29/h3-6,9,11-13H,2,7-8,10,14-21H2,1H3. The molecular weight excluding hydrogens is 448 g/mol. The lowest BCUT2D eigenvalue weighted by Gasteiger charge is -2.43. The monoisotopic (exact) mass is 482 g/mol. The molecule has 2 heterocycles. The van der Waals surface area contributed by atoms with Crippen molar-refractivity contribution in [2.45, 2.75) is 51.9 Å². The second-order valence-electron chi connectivity index (χ2n) is 9.48. The topological polar surface area (TPSA) is 49.9 Å². The molecule has 1 spiro atoms. The van der Waals surface area contributed by atoms with Crippen LogP contribution in [0.4, 0.5) is 0 Å². The quantitative estimate of drug-likeness (QED) is 0.608. The largest absolute Gasteiger partial charge is 0.491 e. The van der Waals surface area contributed by atoms with E-state index in [1.165, 1.54) is 5.56 Å². The normalized spacial score (nSPS) is 19.1. The molecule has 182 valence electrons. The number of rotatable bonds is 3. The van der Waals surface area contributed by atoms with Gasteiger partial charge in [0, 0.05) is 24.7 Å². The number of carbonyl (C=O) groups is 2. The molecule has 2 amide bonds. The number of piperidine rings is 1. The van der Waals surface area contributed by atoms with Crippen LogP contribution in [0.3, 0.4) is 0 Å². The van der Waals surface area contributed by atoms with Gasteiger partial charge in [-0.15, -0.1) is 0 Å². The fourth-order valence-corrected chi connectivity index (χ4v) is 5.51. The summed E-state index contributed by atoms with van der Waals surface area (Å²) in [5.74, 6) is 1.25. The highest BCUT2D eigenvalue weighted by molar-refractivity contribution is 6.31. The molecule has 4 rings (SSSR count). The molecule has 0 saturated carbocycles. The Labute approximate surface area is 208 Å². The Morgan fingerprint density at radius 2 is 1.74 bits per heavy atom. The van der Waals surface area contributed by atoms with Crippen LogP contribution in [0.25, 0.3) is 0 Å². The minimum Gasteiger partial charge on any atom is -0.491 e. The number of para-hydroxylation sites is 1. The number of likely N-dealkylation sites (tertiary alicyclic amines) is 1. The second-order valence-corrected chi connectivity index (χ2v) is 9.88. The van der Waals surface area contributed by atoms with Crippen molar-refractivity contribution >= 4 is 23.4 Å². The SMILES string of the molecule is CCN1CCOc2ccccc2CCCCC2(CCN(C(=O)Cc3ccccc3Cl)CC2)C1=O. The molecule has 0 atom stereocenters. The molecular formula is C28H35ClN2O3. The van der Waals surface area contributed by atoms with Gasteiger partial charge in [-0.2, -0.15) is 0 Å². The van der Waals surface area contributed by atoms with E-state index in [0.29, 0.717) is 57.1 Å². The number of nitrogens with zero attached hydrogens (tertiary/aromatic N) is 2. The average molecular weight is 483 g/mol. The highest BCUT2D eigenvalue weighted by Crippen LogP contribution is 2.39. The van der Waals surface area contributed by atoms with Gasteiger partial charge < -0.3 is 14.5 Å². The number of ether oxygens (including phenoxy) is 1. The van der Waals surface area contributed by atoms with Gasteiger partial charge in [0.05, 0.1) is 18.4 Å². The zero-order chi connectivity index (χ0) is 24.0. The summed E-state index contributed by atoms with van der Waals surface area (Å²) >= 11 is 6.26. The number of hydrogen-bond donors (Lipinski definition) is 0. The zero-order valence-electron chi connectivity index (χ0n) is 20.1. The van der Waals surface area contributed by atoms with Crippen LogP contribution < -0.4 is 4.74 Å². The van der Waals surface area contributed by atoms with Crippen LogP contribution >= 0.6 is 11.6 Å². The fraction of sp³-hybridized carbons (Fsp3) is 0.500. The highest BCUT2D eigenvalue weighted by atomic mass is 35.5. The Morgan fingerprint density at radius 3 is 2.50 bits per heavy atom. The third-order valence-electron chi connectivity index (χ3n) is 7.44. The van der Waals surface area contributed by atoms with Crippen LogP contribution in [0.5, 0.6) is 5.75 Å². The van der Waals surface area contributed by atoms with Crippen molar-refractivity contribution in [1.29, 1.82) is 0 Å². The highest BCUT2D eigenvalue weighted by Gasteiger charge is 2.43. The summed E-state index contributed by atoms with van der Waals surface area (Å²) in [6.07, 6.45) is 5.58. The van der Waals surface area contributed by atoms with Gasteiger partial charge in [0.2, 0.25) is 11.8 Å². The molecule has 0 aromatic heterocycles. The van der Waals surface area contributed by atoms with E-state index in [1.54, 1.807) is 0 Å². The number of benzene rings is 2. The molecule has 1 fully saturated rings. The van der Waals surface area contributed by atoms with E-state index in [9.17, 15) is 9.59 Å². The number of likely N-dealkylation sites (N-methyl/N-ethyl adjacent to an activating group) is 1. The third-order valence-corrected chi connectivity index (χ3v) is 7.81. The smallest absolute Gasteiger partial charge is 0.229 e. The molecule has 2 aromatic rings. The first kappa shape index (κ1) is 24.6. The van der Waals surface area contributed by atoms with Crippen LogP contribution in [0.2, 0.25) is 5.02 Å². The van der Waals surface area contributed by atoms with Gasteiger partial charge in [-0.05, 0) is 62.3 Å². The summed E-state index contributed by atoms with van der Waals surface area (Å²) in [6, 6.07) is 15.7. The predicted molar refractivity (Wildman–Crippen MR) is 135 cm³/mol. The Kier molecular flexibility index (Phi) is 8.15. The lowest BCUT2D eigenvalue weighted by atomic mass is 9.73. The molecule has 0 unspecified atom stereocenters. The molecule has 34 heavy (non-hydrogen) atoms. The minimum absolute atomic E-state index is 0.0842. The maximum absolute atomic E-state index is 13.8. The molecule has 0 aliphatic carbocycles. The predicted octanol–water partition coefficient (Wildman–Crippen LogP) is 5.15. The van der Waals surface area contributed by atoms with Gasteiger partial charge in [0.15, 0.2) is 0 Å². The fourth-order valence-electron chi connectivity index (χ4n) is 5.31. The van der Waals surface area contributed by atoms with E-state index in [-0.39, 0.29) is 11.8 Å². The van der Waals surface area contributed by atoms with Crippen LogP contribution in [0.1, 0.15) is 50.2 Å². The first-order valence-corrected chi connectivity index (χ1v) is 12.9. The number of aryl methyl sites for hydroxylation is 1. The molecule has 2 aromatic carbocycles. The summed E-state index contributed by atoms with van der Waals surface area (Å²) in [5.41, 5.74) is 1.70. The van der Waals surface area contributed by atoms with Crippen LogP contribution in [-0.4, -0.2) is 54.4 Å². The van der Waals surface area contributed by atoms with E-state index < -0.39 is 5.41 Å². The molecule has 5 nitrogen and oxygen atoms in total. The number of amides is 2. The van der Waals surface area contributed by atoms with Gasteiger partial charge in [-0.1, -0.05) is 54.4 Å². The van der Waals surface area contributed by atoms with Crippen LogP contribution in [0.15, 0.2) is 48.5 Å². The van der Waals surface area contributed by atoms with E-state index >= 15 is 0 Å². The van der Waals surface area contributed by atoms with Crippen molar-refractivity contribution in [3.05, 3.63) is 64.7 Å². The molecule has 0 bridgehead atoms. The van der Waals surface area contributed by atoms with E-state index in [1.807, 2.05) is 53.1 Å². The molecule has 2 aliphatic rings. The number of fused-ring (bicyclic) bond motifs is 1. The lowest BCUT2D eigenvalue weighted by molar-refractivity contribution is -0.149. The molecule has 1 saturated heterocycles. The van der Waals surface area contributed by atoms with Crippen LogP contribution in [-0.2, 0) is 22.4 Å². The Bertz CT molecular complexity index is 1000. The van der Waals surface area contributed by atoms with Gasteiger partial charge in [-0.25, -0.2) is 0 Å². The van der Waals surface area contributed by atoms with Crippen molar-refractivity contribution in [2.24, 2.45) is 5.41 Å². The summed E-state index contributed by atoms with van der Waals surface area (Å²) in [5, 5.41) is 0.626. The summed E-state index contributed by atoms with van der Waals surface area (Å²) in [6.45, 7) is 5.02. The van der Waals surface area contributed by atoms with Crippen LogP contribution in [0, 0.1) is 5.41 Å². The number of carbonyl (C=O) groups excluding carboxylic acids is 2. The van der Waals surface area contributed by atoms with Gasteiger partial charge in [0.1, 0.15) is 12.4 Å². The molecule has 0 radical (unpaired) electrons. The van der Waals surface area contributed by atoms with Gasteiger partial charge >= 0.3 is 0 Å².